The van der Waals surface area contributed by atoms with Crippen molar-refractivity contribution in [2.45, 2.75) is 19.4 Å². The number of Topliss-reactive ketones (excluding diaryl/α,β-unsaturated/α-hetero) is 1. The number of thiophene rings is 1. The van der Waals surface area contributed by atoms with Crippen LogP contribution in [0, 0.1) is 0 Å². The minimum atomic E-state index is -0.549. The predicted molar refractivity (Wildman–Crippen MR) is 73.8 cm³/mol. The Hall–Kier alpha value is -1.95. The maximum atomic E-state index is 11.8. The third-order valence-corrected chi connectivity index (χ3v) is 3.74. The van der Waals surface area contributed by atoms with Gasteiger partial charge in [-0.2, -0.15) is 0 Å². The molecule has 0 radical (unpaired) electrons. The van der Waals surface area contributed by atoms with Gasteiger partial charge < -0.3 is 9.13 Å². The molecule has 0 unspecified atom stereocenters. The van der Waals surface area contributed by atoms with Crippen LogP contribution in [0.4, 0.5) is 0 Å². The van der Waals surface area contributed by atoms with Crippen molar-refractivity contribution in [3.8, 4) is 0 Å². The fraction of sp³-hybridized carbons (Fsp3) is 0.308. The second kappa shape index (κ2) is 5.79. The highest BCUT2D eigenvalue weighted by molar-refractivity contribution is 7.12. The van der Waals surface area contributed by atoms with Gasteiger partial charge in [-0.05, 0) is 17.9 Å². The summed E-state index contributed by atoms with van der Waals surface area (Å²) in [6.45, 7) is 0.381. The smallest absolute Gasteiger partial charge is 0.312 e. The Balaban J connectivity index is 1.97. The van der Waals surface area contributed by atoms with E-state index in [4.69, 9.17) is 0 Å². The molecule has 2 aromatic rings. The molecule has 0 aliphatic rings. The summed E-state index contributed by atoms with van der Waals surface area (Å²) in [6, 6.07) is 3.63. The number of hydrogen-bond acceptors (Lipinski definition) is 4. The summed E-state index contributed by atoms with van der Waals surface area (Å²) in [5, 5.41) is 1.86. The van der Waals surface area contributed by atoms with Crippen molar-refractivity contribution < 1.29 is 4.79 Å². The van der Waals surface area contributed by atoms with E-state index in [0.29, 0.717) is 19.4 Å². The number of aromatic nitrogens is 2. The monoisotopic (exact) mass is 278 g/mol. The van der Waals surface area contributed by atoms with E-state index in [-0.39, 0.29) is 5.78 Å². The highest BCUT2D eigenvalue weighted by atomic mass is 32.1. The fourth-order valence-corrected chi connectivity index (χ4v) is 2.43. The summed E-state index contributed by atoms with van der Waals surface area (Å²) in [5.41, 5.74) is -1.10. The molecule has 2 heterocycles. The summed E-state index contributed by atoms with van der Waals surface area (Å²) in [5.74, 6) is 0.0758. The van der Waals surface area contributed by atoms with Crippen LogP contribution >= 0.6 is 11.3 Å². The SMILES string of the molecule is Cn1ccn(CCCC(=O)c2cccs2)c(=O)c1=O. The normalized spacial score (nSPS) is 10.6. The zero-order valence-electron chi connectivity index (χ0n) is 10.5. The summed E-state index contributed by atoms with van der Waals surface area (Å²) in [4.78, 5) is 35.6. The molecule has 0 atom stereocenters. The van der Waals surface area contributed by atoms with E-state index in [1.54, 1.807) is 18.5 Å². The number of carbonyl (C=O) groups is 1. The molecule has 100 valence electrons. The first-order valence-electron chi connectivity index (χ1n) is 5.92. The molecule has 0 saturated carbocycles. The van der Waals surface area contributed by atoms with Crippen LogP contribution < -0.4 is 11.1 Å². The van der Waals surface area contributed by atoms with Gasteiger partial charge in [-0.15, -0.1) is 11.3 Å². The predicted octanol–water partition coefficient (Wildman–Crippen LogP) is 1.27. The number of ketones is 1. The Bertz CT molecular complexity index is 683. The van der Waals surface area contributed by atoms with Gasteiger partial charge in [-0.1, -0.05) is 6.07 Å². The van der Waals surface area contributed by atoms with Gasteiger partial charge in [0.05, 0.1) is 4.88 Å². The average molecular weight is 278 g/mol. The lowest BCUT2D eigenvalue weighted by Gasteiger charge is -2.05. The minimum absolute atomic E-state index is 0.0758. The van der Waals surface area contributed by atoms with Crippen LogP contribution in [0.1, 0.15) is 22.5 Å². The van der Waals surface area contributed by atoms with Crippen LogP contribution in [0.25, 0.3) is 0 Å². The second-order valence-electron chi connectivity index (χ2n) is 4.22. The molecule has 0 fully saturated rings. The lowest BCUT2D eigenvalue weighted by molar-refractivity contribution is 0.0982. The topological polar surface area (TPSA) is 61.1 Å². The van der Waals surface area contributed by atoms with E-state index in [9.17, 15) is 14.4 Å². The summed E-state index contributed by atoms with van der Waals surface area (Å²) >= 11 is 1.41. The molecule has 0 aliphatic carbocycles. The molecular formula is C13H14N2O3S. The third kappa shape index (κ3) is 3.08. The minimum Gasteiger partial charge on any atom is -0.312 e. The molecule has 6 heteroatoms. The van der Waals surface area contributed by atoms with Crippen LogP contribution in [0.15, 0.2) is 39.5 Å². The molecule has 19 heavy (non-hydrogen) atoms. The summed E-state index contributed by atoms with van der Waals surface area (Å²) < 4.78 is 2.60. The van der Waals surface area contributed by atoms with Crippen LogP contribution in [0.5, 0.6) is 0 Å². The Morgan fingerprint density at radius 1 is 1.26 bits per heavy atom. The molecule has 0 amide bonds. The van der Waals surface area contributed by atoms with Crippen molar-refractivity contribution >= 4 is 17.1 Å². The van der Waals surface area contributed by atoms with Crippen LogP contribution in [0.2, 0.25) is 0 Å². The second-order valence-corrected chi connectivity index (χ2v) is 5.16. The van der Waals surface area contributed by atoms with Gasteiger partial charge in [-0.3, -0.25) is 14.4 Å². The molecule has 0 aliphatic heterocycles. The molecule has 2 aromatic heterocycles. The molecule has 5 nitrogen and oxygen atoms in total. The molecule has 0 saturated heterocycles. The molecule has 0 N–H and O–H groups in total. The third-order valence-electron chi connectivity index (χ3n) is 2.83. The summed E-state index contributed by atoms with van der Waals surface area (Å²) in [6.07, 6.45) is 4.04. The Morgan fingerprint density at radius 2 is 2.05 bits per heavy atom. The van der Waals surface area contributed by atoms with Gasteiger partial charge in [0.25, 0.3) is 0 Å². The van der Waals surface area contributed by atoms with Gasteiger partial charge in [0.15, 0.2) is 5.78 Å². The van der Waals surface area contributed by atoms with E-state index < -0.39 is 11.1 Å². The Labute approximate surface area is 113 Å². The van der Waals surface area contributed by atoms with E-state index in [1.807, 2.05) is 11.4 Å². The van der Waals surface area contributed by atoms with Crippen molar-refractivity contribution in [1.82, 2.24) is 9.13 Å². The van der Waals surface area contributed by atoms with Crippen molar-refractivity contribution in [3.63, 3.8) is 0 Å². The lowest BCUT2D eigenvalue weighted by atomic mass is 10.2. The molecule has 2 rings (SSSR count). The lowest BCUT2D eigenvalue weighted by Crippen LogP contribution is -2.39. The first kappa shape index (κ1) is 13.5. The number of hydrogen-bond donors (Lipinski definition) is 0. The quantitative estimate of drug-likeness (QED) is 0.611. The van der Waals surface area contributed by atoms with Crippen molar-refractivity contribution in [2.75, 3.05) is 0 Å². The zero-order chi connectivity index (χ0) is 13.8. The Kier molecular flexibility index (Phi) is 4.11. The first-order chi connectivity index (χ1) is 9.09. The number of rotatable bonds is 5. The van der Waals surface area contributed by atoms with Crippen molar-refractivity contribution in [1.29, 1.82) is 0 Å². The van der Waals surface area contributed by atoms with Gasteiger partial charge in [-0.25, -0.2) is 0 Å². The number of nitrogens with zero attached hydrogens (tertiary/aromatic N) is 2. The first-order valence-corrected chi connectivity index (χ1v) is 6.80. The highest BCUT2D eigenvalue weighted by Gasteiger charge is 2.07. The van der Waals surface area contributed by atoms with E-state index in [2.05, 4.69) is 0 Å². The van der Waals surface area contributed by atoms with E-state index >= 15 is 0 Å². The summed E-state index contributed by atoms with van der Waals surface area (Å²) in [7, 11) is 1.54. The van der Waals surface area contributed by atoms with Gasteiger partial charge in [0, 0.05) is 32.4 Å². The largest absolute Gasteiger partial charge is 0.316 e. The van der Waals surface area contributed by atoms with Crippen LogP contribution in [-0.2, 0) is 13.6 Å². The Morgan fingerprint density at radius 3 is 2.74 bits per heavy atom. The van der Waals surface area contributed by atoms with Crippen molar-refractivity contribution in [2.24, 2.45) is 7.05 Å². The average Bonchev–Trinajstić information content (AvgIpc) is 2.92. The molecule has 0 spiro atoms. The molecule has 0 bridgehead atoms. The zero-order valence-corrected chi connectivity index (χ0v) is 11.4. The van der Waals surface area contributed by atoms with Gasteiger partial charge in [0.2, 0.25) is 0 Å². The fourth-order valence-electron chi connectivity index (χ4n) is 1.74. The van der Waals surface area contributed by atoms with E-state index in [0.717, 1.165) is 4.88 Å². The highest BCUT2D eigenvalue weighted by Crippen LogP contribution is 2.12. The number of carbonyl (C=O) groups excluding carboxylic acids is 1. The molecular weight excluding hydrogens is 264 g/mol. The van der Waals surface area contributed by atoms with Crippen LogP contribution in [-0.4, -0.2) is 14.9 Å². The van der Waals surface area contributed by atoms with Crippen molar-refractivity contribution in [3.05, 3.63) is 55.5 Å². The van der Waals surface area contributed by atoms with Gasteiger partial charge in [0.1, 0.15) is 0 Å². The van der Waals surface area contributed by atoms with E-state index in [1.165, 1.54) is 27.5 Å². The van der Waals surface area contributed by atoms with Crippen LogP contribution in [0.3, 0.4) is 0 Å². The maximum Gasteiger partial charge on any atom is 0.316 e. The standard InChI is InChI=1S/C13H14N2O3S/c1-14-7-8-15(13(18)12(14)17)6-2-4-10(16)11-5-3-9-19-11/h3,5,7-9H,2,4,6H2,1H3. The maximum absolute atomic E-state index is 11.8. The molecule has 0 aromatic carbocycles. The van der Waals surface area contributed by atoms with Gasteiger partial charge >= 0.3 is 11.1 Å². The number of aryl methyl sites for hydroxylation is 2.